The van der Waals surface area contributed by atoms with Crippen molar-refractivity contribution in [1.82, 2.24) is 9.78 Å². The molecule has 2 aromatic heterocycles. The first-order valence-electron chi connectivity index (χ1n) is 9.23. The van der Waals surface area contributed by atoms with E-state index in [9.17, 15) is 14.4 Å². The molecule has 3 aromatic rings. The Morgan fingerprint density at radius 1 is 1.17 bits per heavy atom. The largest absolute Gasteiger partial charge is 0.481 e. The molecule has 2 N–H and O–H groups in total. The minimum absolute atomic E-state index is 0.0130. The Morgan fingerprint density at radius 2 is 1.90 bits per heavy atom. The summed E-state index contributed by atoms with van der Waals surface area (Å²) in [5.74, 6) is -1.60. The lowest BCUT2D eigenvalue weighted by Crippen LogP contribution is -2.16. The van der Waals surface area contributed by atoms with Crippen molar-refractivity contribution in [3.8, 4) is 11.1 Å². The summed E-state index contributed by atoms with van der Waals surface area (Å²) in [4.78, 5) is 36.8. The molecule has 0 unspecified atom stereocenters. The van der Waals surface area contributed by atoms with Gasteiger partial charge in [-0.1, -0.05) is 31.2 Å². The van der Waals surface area contributed by atoms with Crippen molar-refractivity contribution in [2.45, 2.75) is 13.3 Å². The molecule has 0 saturated heterocycles. The molecule has 0 fully saturated rings. The van der Waals surface area contributed by atoms with Crippen LogP contribution in [0.25, 0.3) is 11.1 Å². The van der Waals surface area contributed by atoms with Crippen LogP contribution in [0.15, 0.2) is 42.7 Å². The van der Waals surface area contributed by atoms with Crippen LogP contribution in [0.1, 0.15) is 27.7 Å². The molecule has 0 bridgehead atoms. The molecule has 0 aliphatic carbocycles. The van der Waals surface area contributed by atoms with Crippen molar-refractivity contribution in [2.75, 3.05) is 16.8 Å². The van der Waals surface area contributed by atoms with E-state index in [1.165, 1.54) is 11.3 Å². The second-order valence-electron chi connectivity index (χ2n) is 6.55. The molecule has 0 spiro atoms. The van der Waals surface area contributed by atoms with Crippen LogP contribution in [-0.2, 0) is 23.1 Å². The van der Waals surface area contributed by atoms with Crippen LogP contribution in [0, 0.1) is 0 Å². The number of aryl methyl sites for hydroxylation is 2. The van der Waals surface area contributed by atoms with E-state index in [0.717, 1.165) is 34.2 Å². The Balaban J connectivity index is 1.77. The second-order valence-corrected chi connectivity index (χ2v) is 8.68. The van der Waals surface area contributed by atoms with Crippen LogP contribution >= 0.6 is 23.1 Å². The second kappa shape index (κ2) is 9.73. The number of aromatic nitrogens is 2. The number of benzene rings is 1. The molecule has 3 rings (SSSR count). The molecule has 1 aromatic carbocycles. The molecule has 0 saturated carbocycles. The number of thiophene rings is 1. The van der Waals surface area contributed by atoms with Gasteiger partial charge in [-0.2, -0.15) is 5.10 Å². The lowest BCUT2D eigenvalue weighted by atomic mass is 10.0. The van der Waals surface area contributed by atoms with Gasteiger partial charge in [0.2, 0.25) is 5.91 Å². The number of hydrogen-bond acceptors (Lipinski definition) is 6. The first kappa shape index (κ1) is 21.8. The minimum Gasteiger partial charge on any atom is -0.481 e. The third kappa shape index (κ3) is 5.37. The smallest absolute Gasteiger partial charge is 0.313 e. The molecule has 2 heterocycles. The van der Waals surface area contributed by atoms with Crippen LogP contribution in [-0.4, -0.2) is 44.1 Å². The quantitative estimate of drug-likeness (QED) is 0.489. The number of carboxylic acids is 1. The molecule has 156 valence electrons. The summed E-state index contributed by atoms with van der Waals surface area (Å²) < 4.78 is 1.72. The number of rotatable bonds is 9. The highest BCUT2D eigenvalue weighted by Gasteiger charge is 2.19. The molecular weight excluding hydrogens is 422 g/mol. The van der Waals surface area contributed by atoms with Gasteiger partial charge in [0.25, 0.3) is 0 Å². The lowest BCUT2D eigenvalue weighted by Gasteiger charge is -2.06. The molecular formula is C21H21N3O4S2. The van der Waals surface area contributed by atoms with Gasteiger partial charge in [0.05, 0.1) is 23.3 Å². The van der Waals surface area contributed by atoms with Crippen LogP contribution in [0.5, 0.6) is 0 Å². The number of carbonyl (C=O) groups is 3. The number of nitrogens with zero attached hydrogens (tertiary/aromatic N) is 2. The highest BCUT2D eigenvalue weighted by atomic mass is 32.2. The summed E-state index contributed by atoms with van der Waals surface area (Å²) in [5.41, 5.74) is 2.90. The van der Waals surface area contributed by atoms with Crippen LogP contribution in [0.3, 0.4) is 0 Å². The minimum atomic E-state index is -0.970. The molecule has 30 heavy (non-hydrogen) atoms. The third-order valence-corrected chi connectivity index (χ3v) is 6.39. The fraction of sp³-hybridized carbons (Fsp3) is 0.238. The van der Waals surface area contributed by atoms with Gasteiger partial charge in [-0.05, 0) is 18.1 Å². The van der Waals surface area contributed by atoms with Gasteiger partial charge >= 0.3 is 5.97 Å². The van der Waals surface area contributed by atoms with Gasteiger partial charge in [-0.15, -0.1) is 23.1 Å². The molecule has 0 aliphatic heterocycles. The third-order valence-electron chi connectivity index (χ3n) is 4.27. The zero-order valence-electron chi connectivity index (χ0n) is 16.5. The number of aliphatic carboxylic acids is 1. The monoisotopic (exact) mass is 443 g/mol. The van der Waals surface area contributed by atoms with Crippen molar-refractivity contribution in [2.24, 2.45) is 7.05 Å². The first-order valence-corrected chi connectivity index (χ1v) is 11.2. The number of carboxylic acid groups (broad SMARTS) is 1. The average Bonchev–Trinajstić information content (AvgIpc) is 3.33. The van der Waals surface area contributed by atoms with Crippen LogP contribution < -0.4 is 5.32 Å². The Morgan fingerprint density at radius 3 is 2.50 bits per heavy atom. The SMILES string of the molecule is CCc1cc(C(=O)c2ccc(-c3cnn(C)c3)cc2)c(NC(=O)CSCC(=O)O)s1. The summed E-state index contributed by atoms with van der Waals surface area (Å²) in [6.07, 6.45) is 4.41. The van der Waals surface area contributed by atoms with Gasteiger partial charge in [0.15, 0.2) is 5.78 Å². The van der Waals surface area contributed by atoms with Crippen molar-refractivity contribution in [3.63, 3.8) is 0 Å². The Labute approximate surface area is 182 Å². The maximum Gasteiger partial charge on any atom is 0.313 e. The van der Waals surface area contributed by atoms with E-state index < -0.39 is 5.97 Å². The summed E-state index contributed by atoms with van der Waals surface area (Å²) in [6.45, 7) is 1.98. The van der Waals surface area contributed by atoms with Gasteiger partial charge in [-0.25, -0.2) is 0 Å². The topological polar surface area (TPSA) is 101 Å². The fourth-order valence-corrected chi connectivity index (χ4v) is 4.36. The van der Waals surface area contributed by atoms with E-state index in [1.54, 1.807) is 23.0 Å². The van der Waals surface area contributed by atoms with Gasteiger partial charge in [0.1, 0.15) is 5.00 Å². The number of hydrogen-bond donors (Lipinski definition) is 2. The Bertz CT molecular complexity index is 1070. The van der Waals surface area contributed by atoms with E-state index in [0.29, 0.717) is 16.1 Å². The Hall–Kier alpha value is -2.91. The predicted octanol–water partition coefficient (Wildman–Crippen LogP) is 3.70. The number of thioether (sulfide) groups is 1. The van der Waals surface area contributed by atoms with Crippen molar-refractivity contribution < 1.29 is 19.5 Å². The predicted molar refractivity (Wildman–Crippen MR) is 119 cm³/mol. The fourth-order valence-electron chi connectivity index (χ4n) is 2.81. The maximum absolute atomic E-state index is 13.1. The zero-order chi connectivity index (χ0) is 21.7. The summed E-state index contributed by atoms with van der Waals surface area (Å²) in [7, 11) is 1.85. The summed E-state index contributed by atoms with van der Waals surface area (Å²) >= 11 is 2.38. The van der Waals surface area contributed by atoms with E-state index in [2.05, 4.69) is 10.4 Å². The van der Waals surface area contributed by atoms with Crippen molar-refractivity contribution in [1.29, 1.82) is 0 Å². The van der Waals surface area contributed by atoms with Crippen LogP contribution in [0.4, 0.5) is 5.00 Å². The molecule has 9 heteroatoms. The summed E-state index contributed by atoms with van der Waals surface area (Å²) in [6, 6.07) is 9.09. The molecule has 0 aliphatic rings. The lowest BCUT2D eigenvalue weighted by molar-refractivity contribution is -0.133. The zero-order valence-corrected chi connectivity index (χ0v) is 18.2. The first-order chi connectivity index (χ1) is 14.4. The summed E-state index contributed by atoms with van der Waals surface area (Å²) in [5, 5.41) is 16.1. The van der Waals surface area contributed by atoms with E-state index in [-0.39, 0.29) is 23.2 Å². The van der Waals surface area contributed by atoms with Crippen molar-refractivity contribution in [3.05, 3.63) is 58.7 Å². The Kier molecular flexibility index (Phi) is 7.07. The maximum atomic E-state index is 13.1. The number of amides is 1. The number of nitrogens with one attached hydrogen (secondary N) is 1. The highest BCUT2D eigenvalue weighted by Crippen LogP contribution is 2.31. The van der Waals surface area contributed by atoms with E-state index in [1.807, 2.05) is 38.4 Å². The van der Waals surface area contributed by atoms with E-state index >= 15 is 0 Å². The number of anilines is 1. The molecule has 7 nitrogen and oxygen atoms in total. The number of carbonyl (C=O) groups excluding carboxylic acids is 2. The average molecular weight is 444 g/mol. The van der Waals surface area contributed by atoms with Gasteiger partial charge in [0, 0.05) is 29.2 Å². The van der Waals surface area contributed by atoms with Crippen molar-refractivity contribution >= 4 is 45.8 Å². The van der Waals surface area contributed by atoms with Gasteiger partial charge in [-0.3, -0.25) is 19.1 Å². The van der Waals surface area contributed by atoms with Gasteiger partial charge < -0.3 is 10.4 Å². The highest BCUT2D eigenvalue weighted by molar-refractivity contribution is 8.00. The molecule has 0 radical (unpaired) electrons. The standard InChI is InChI=1S/C21H21N3O4S2/c1-3-16-8-17(21(30-16)23-18(25)11-29-12-19(26)27)20(28)14-6-4-13(5-7-14)15-9-22-24(2)10-15/h4-10H,3,11-12H2,1-2H3,(H,23,25)(H,26,27). The van der Waals surface area contributed by atoms with E-state index in [4.69, 9.17) is 5.11 Å². The van der Waals surface area contributed by atoms with Crippen LogP contribution in [0.2, 0.25) is 0 Å². The number of ketones is 1. The normalized spacial score (nSPS) is 10.7. The molecule has 1 amide bonds. The molecule has 0 atom stereocenters.